The molecule has 1 aliphatic carbocycles. The number of hydrogen-bond donors (Lipinski definition) is 2. The van der Waals surface area contributed by atoms with Gasteiger partial charge in [0.25, 0.3) is 17.7 Å². The van der Waals surface area contributed by atoms with E-state index in [1.165, 1.54) is 6.20 Å². The van der Waals surface area contributed by atoms with Crippen LogP contribution in [0, 0.1) is 22.7 Å². The molecule has 2 aromatic heterocycles. The van der Waals surface area contributed by atoms with Crippen molar-refractivity contribution in [1.29, 1.82) is 5.26 Å². The summed E-state index contributed by atoms with van der Waals surface area (Å²) in [4.78, 5) is 75.7. The Morgan fingerprint density at radius 2 is 1.65 bits per heavy atom. The number of pyridine rings is 1. The Hall–Kier alpha value is -5.66. The normalized spacial score (nSPS) is 24.5. The SMILES string of the molecule is N#Cc1ncc(O[C@H]2CC[C@H](NC(=O)c3ccc(N4CCC(CN5CCC6(CC5)CN(c5ccc7c(c5)C(=O)N(C5CCC(=O)NC5=O)C7=O)C6)CC4)nn3)CC2)cc1Cl. The first kappa shape index (κ1) is 39.8. The highest BCUT2D eigenvalue weighted by Gasteiger charge is 2.47. The number of ether oxygens (including phenoxy) is 1. The van der Waals surface area contributed by atoms with Crippen molar-refractivity contribution >= 4 is 52.6 Å². The maximum atomic E-state index is 13.3. The Morgan fingerprint density at radius 1 is 0.900 bits per heavy atom. The molecule has 60 heavy (non-hydrogen) atoms. The molecule has 1 spiro atoms. The Kier molecular flexibility index (Phi) is 10.9. The van der Waals surface area contributed by atoms with Gasteiger partial charge in [-0.05, 0) is 107 Å². The fourth-order valence-electron chi connectivity index (χ4n) is 9.80. The second-order valence-electron chi connectivity index (χ2n) is 17.2. The first-order valence-corrected chi connectivity index (χ1v) is 21.4. The van der Waals surface area contributed by atoms with Crippen molar-refractivity contribution in [3.63, 3.8) is 0 Å². The number of anilines is 2. The molecule has 6 aliphatic rings. The lowest BCUT2D eigenvalue weighted by Crippen LogP contribution is -2.60. The monoisotopic (exact) mass is 834 g/mol. The topological polar surface area (TPSA) is 194 Å². The fraction of sp³-hybridized carbons (Fsp3) is 0.512. The number of rotatable bonds is 9. The summed E-state index contributed by atoms with van der Waals surface area (Å²) in [6, 6.07) is 11.6. The number of nitrogens with one attached hydrogen (secondary N) is 2. The number of hydrogen-bond acceptors (Lipinski definition) is 13. The van der Waals surface area contributed by atoms with E-state index < -0.39 is 23.8 Å². The molecule has 16 nitrogen and oxygen atoms in total. The molecule has 17 heteroatoms. The third-order valence-corrected chi connectivity index (χ3v) is 13.6. The van der Waals surface area contributed by atoms with E-state index in [-0.39, 0.29) is 52.9 Å². The largest absolute Gasteiger partial charge is 0.489 e. The zero-order valence-electron chi connectivity index (χ0n) is 33.3. The average molecular weight is 835 g/mol. The number of fused-ring (bicyclic) bond motifs is 1. The zero-order chi connectivity index (χ0) is 41.5. The molecule has 3 aromatic rings. The van der Waals surface area contributed by atoms with E-state index in [0.717, 1.165) is 114 Å². The highest BCUT2D eigenvalue weighted by atomic mass is 35.5. The van der Waals surface area contributed by atoms with Crippen LogP contribution >= 0.6 is 11.6 Å². The molecular weight excluding hydrogens is 788 g/mol. The summed E-state index contributed by atoms with van der Waals surface area (Å²) in [5.74, 6) is -0.241. The van der Waals surface area contributed by atoms with Crippen LogP contribution in [0.4, 0.5) is 11.5 Å². The lowest BCUT2D eigenvalue weighted by Gasteiger charge is -2.55. The summed E-state index contributed by atoms with van der Waals surface area (Å²) in [7, 11) is 0. The number of nitriles is 1. The average Bonchev–Trinajstić information content (AvgIpc) is 3.49. The third-order valence-electron chi connectivity index (χ3n) is 13.3. The molecular formula is C43H47ClN10O6. The smallest absolute Gasteiger partial charge is 0.272 e. The maximum Gasteiger partial charge on any atom is 0.272 e. The summed E-state index contributed by atoms with van der Waals surface area (Å²) < 4.78 is 6.02. The van der Waals surface area contributed by atoms with E-state index >= 15 is 0 Å². The van der Waals surface area contributed by atoms with Crippen molar-refractivity contribution in [3.05, 3.63) is 70.1 Å². The van der Waals surface area contributed by atoms with Crippen LogP contribution in [0.5, 0.6) is 5.75 Å². The van der Waals surface area contributed by atoms with Gasteiger partial charge in [0.2, 0.25) is 11.8 Å². The lowest BCUT2D eigenvalue weighted by atomic mass is 9.71. The number of aromatic nitrogens is 3. The van der Waals surface area contributed by atoms with Gasteiger partial charge >= 0.3 is 0 Å². The van der Waals surface area contributed by atoms with Gasteiger partial charge in [0.05, 0.1) is 28.5 Å². The Labute approximate surface area is 352 Å². The molecule has 7 heterocycles. The molecule has 1 aromatic carbocycles. The van der Waals surface area contributed by atoms with Gasteiger partial charge in [-0.1, -0.05) is 11.6 Å². The number of carbonyl (C=O) groups is 5. The molecule has 312 valence electrons. The van der Waals surface area contributed by atoms with Crippen molar-refractivity contribution in [1.82, 2.24) is 35.6 Å². The molecule has 9 rings (SSSR count). The van der Waals surface area contributed by atoms with Gasteiger partial charge < -0.3 is 24.8 Å². The van der Waals surface area contributed by atoms with Gasteiger partial charge in [0.15, 0.2) is 17.2 Å². The quantitative estimate of drug-likeness (QED) is 0.297. The predicted molar refractivity (Wildman–Crippen MR) is 219 cm³/mol. The molecule has 5 aliphatic heterocycles. The minimum absolute atomic E-state index is 0.0155. The number of imide groups is 2. The summed E-state index contributed by atoms with van der Waals surface area (Å²) in [5.41, 5.74) is 2.26. The van der Waals surface area contributed by atoms with Gasteiger partial charge in [-0.15, -0.1) is 10.2 Å². The zero-order valence-corrected chi connectivity index (χ0v) is 34.0. The summed E-state index contributed by atoms with van der Waals surface area (Å²) >= 11 is 6.09. The van der Waals surface area contributed by atoms with Crippen molar-refractivity contribution < 1.29 is 28.7 Å². The molecule has 1 atom stereocenters. The summed E-state index contributed by atoms with van der Waals surface area (Å²) in [6.45, 7) is 6.81. The van der Waals surface area contributed by atoms with Crippen LogP contribution in [-0.4, -0.2) is 119 Å². The summed E-state index contributed by atoms with van der Waals surface area (Å²) in [6.07, 6.45) is 9.19. The first-order chi connectivity index (χ1) is 29.0. The molecule has 2 N–H and O–H groups in total. The van der Waals surface area contributed by atoms with E-state index in [0.29, 0.717) is 28.5 Å². The minimum Gasteiger partial charge on any atom is -0.489 e. The number of likely N-dealkylation sites (tertiary alicyclic amines) is 1. The Bertz CT molecular complexity index is 2230. The number of piperidine rings is 3. The van der Waals surface area contributed by atoms with Crippen LogP contribution in [0.15, 0.2) is 42.6 Å². The molecule has 0 bridgehead atoms. The van der Waals surface area contributed by atoms with E-state index in [4.69, 9.17) is 21.6 Å². The highest BCUT2D eigenvalue weighted by Crippen LogP contribution is 2.44. The number of benzene rings is 1. The van der Waals surface area contributed by atoms with Crippen molar-refractivity contribution in [2.45, 2.75) is 82.4 Å². The van der Waals surface area contributed by atoms with Crippen LogP contribution < -0.4 is 25.2 Å². The molecule has 0 radical (unpaired) electrons. The second kappa shape index (κ2) is 16.4. The Balaban J connectivity index is 0.683. The standard InChI is InChI=1S/C43H47ClN10O6/c44-33-20-30(22-46-35(33)21-45)60-29-4-1-27(2-5-29)47-39(56)34-7-9-37(50-49-34)52-15-11-26(12-16-52)23-51-17-13-43(14-18-51)24-53(25-43)28-3-6-31-32(19-28)42(59)54(41(31)58)36-8-10-38(55)48-40(36)57/h3,6-7,9,19-20,22,26-27,29,36H,1-2,4-5,8,10-18,23-25H2,(H,47,56)(H,48,55,57)/t27-,29-,36?. The second-order valence-corrected chi connectivity index (χ2v) is 17.6. The van der Waals surface area contributed by atoms with Crippen LogP contribution in [0.3, 0.4) is 0 Å². The number of carbonyl (C=O) groups excluding carboxylic acids is 5. The van der Waals surface area contributed by atoms with Gasteiger partial charge in [0, 0.05) is 62.4 Å². The fourth-order valence-corrected chi connectivity index (χ4v) is 10.00. The summed E-state index contributed by atoms with van der Waals surface area (Å²) in [5, 5.41) is 23.4. The lowest BCUT2D eigenvalue weighted by molar-refractivity contribution is -0.136. The number of halogens is 1. The van der Waals surface area contributed by atoms with Gasteiger partial charge in [0.1, 0.15) is 17.9 Å². The van der Waals surface area contributed by atoms with Gasteiger partial charge in [-0.3, -0.25) is 34.2 Å². The van der Waals surface area contributed by atoms with Crippen molar-refractivity contribution in [2.75, 3.05) is 55.6 Å². The van der Waals surface area contributed by atoms with Crippen LogP contribution in [0.2, 0.25) is 5.02 Å². The van der Waals surface area contributed by atoms with E-state index in [9.17, 15) is 24.0 Å². The van der Waals surface area contributed by atoms with Crippen molar-refractivity contribution in [2.24, 2.45) is 11.3 Å². The highest BCUT2D eigenvalue weighted by molar-refractivity contribution is 6.31. The van der Waals surface area contributed by atoms with E-state index in [1.54, 1.807) is 24.3 Å². The van der Waals surface area contributed by atoms with Crippen LogP contribution in [-0.2, 0) is 9.59 Å². The molecule has 1 saturated carbocycles. The van der Waals surface area contributed by atoms with Crippen LogP contribution in [0.25, 0.3) is 0 Å². The molecule has 5 fully saturated rings. The first-order valence-electron chi connectivity index (χ1n) is 21.0. The Morgan fingerprint density at radius 3 is 2.33 bits per heavy atom. The van der Waals surface area contributed by atoms with Gasteiger partial charge in [-0.25, -0.2) is 4.98 Å². The minimum atomic E-state index is -0.967. The van der Waals surface area contributed by atoms with Crippen LogP contribution in [0.1, 0.15) is 101 Å². The number of amides is 5. The van der Waals surface area contributed by atoms with Crippen molar-refractivity contribution in [3.8, 4) is 11.8 Å². The number of nitrogens with zero attached hydrogens (tertiary/aromatic N) is 8. The van der Waals surface area contributed by atoms with E-state index in [2.05, 4.69) is 40.5 Å². The maximum absolute atomic E-state index is 13.3. The third kappa shape index (κ3) is 8.00. The van der Waals surface area contributed by atoms with Gasteiger partial charge in [-0.2, -0.15) is 5.26 Å². The molecule has 4 saturated heterocycles. The molecule has 1 unspecified atom stereocenters. The molecule has 5 amide bonds. The van der Waals surface area contributed by atoms with E-state index in [1.807, 2.05) is 18.2 Å². The predicted octanol–water partition coefficient (Wildman–Crippen LogP) is 3.74.